The summed E-state index contributed by atoms with van der Waals surface area (Å²) in [7, 11) is 1.44. The standard InChI is InChI=1S/C25H20F4N6O/c1-25(28,29)23(14-6-8-17(26)9-7-14)34-13-16(12-31-34)19-5-3-4-18(22(19)27)15-10-20-32-24(30)33-35(20)21(11-15)36-2/h3-13,23H,1-2H3,(H2,30,33)/t23-/m1/s1. The van der Waals surface area contributed by atoms with Crippen molar-refractivity contribution in [1.29, 1.82) is 0 Å². The molecule has 3 aromatic heterocycles. The molecule has 0 amide bonds. The lowest BCUT2D eigenvalue weighted by Crippen LogP contribution is -2.29. The zero-order valence-electron chi connectivity index (χ0n) is 19.2. The first-order valence-corrected chi connectivity index (χ1v) is 10.8. The Hall–Kier alpha value is -4.41. The predicted molar refractivity (Wildman–Crippen MR) is 126 cm³/mol. The number of hydrogen-bond donors (Lipinski definition) is 1. The molecule has 5 rings (SSSR count). The molecule has 0 saturated carbocycles. The number of anilines is 1. The van der Waals surface area contributed by atoms with Gasteiger partial charge in [-0.05, 0) is 29.3 Å². The summed E-state index contributed by atoms with van der Waals surface area (Å²) in [4.78, 5) is 4.12. The molecule has 0 unspecified atom stereocenters. The second kappa shape index (κ2) is 8.67. The van der Waals surface area contributed by atoms with Gasteiger partial charge in [0.05, 0.1) is 13.3 Å². The van der Waals surface area contributed by atoms with Crippen LogP contribution in [0.1, 0.15) is 18.5 Å². The highest BCUT2D eigenvalue weighted by atomic mass is 19.3. The summed E-state index contributed by atoms with van der Waals surface area (Å²) < 4.78 is 66.1. The molecule has 2 N–H and O–H groups in total. The van der Waals surface area contributed by atoms with Crippen LogP contribution >= 0.6 is 0 Å². The number of aromatic nitrogens is 5. The summed E-state index contributed by atoms with van der Waals surface area (Å²) in [5.74, 6) is -4.02. The molecule has 0 radical (unpaired) electrons. The molecular weight excluding hydrogens is 476 g/mol. The number of ether oxygens (including phenoxy) is 1. The van der Waals surface area contributed by atoms with Crippen LogP contribution in [-0.4, -0.2) is 37.4 Å². The molecule has 11 heteroatoms. The molecular formula is C25H20F4N6O. The highest BCUT2D eigenvalue weighted by Gasteiger charge is 2.38. The van der Waals surface area contributed by atoms with Gasteiger partial charge in [-0.15, -0.1) is 5.10 Å². The molecule has 2 aromatic carbocycles. The summed E-state index contributed by atoms with van der Waals surface area (Å²) >= 11 is 0. The van der Waals surface area contributed by atoms with E-state index in [1.807, 2.05) is 0 Å². The molecule has 0 aliphatic carbocycles. The first-order valence-electron chi connectivity index (χ1n) is 10.8. The summed E-state index contributed by atoms with van der Waals surface area (Å²) in [5.41, 5.74) is 7.38. The van der Waals surface area contributed by atoms with Crippen molar-refractivity contribution in [3.63, 3.8) is 0 Å². The van der Waals surface area contributed by atoms with Gasteiger partial charge in [-0.25, -0.2) is 17.6 Å². The van der Waals surface area contributed by atoms with Gasteiger partial charge in [0.1, 0.15) is 17.7 Å². The Labute approximate surface area is 202 Å². The zero-order chi connectivity index (χ0) is 25.6. The SMILES string of the molecule is COc1cc(-c2cccc(-c3cnn([C@H](c4ccc(F)cc4)C(C)(F)F)c3)c2F)cc2nc(N)nn12. The lowest BCUT2D eigenvalue weighted by Gasteiger charge is -2.24. The average Bonchev–Trinajstić information content (AvgIpc) is 3.45. The third kappa shape index (κ3) is 4.12. The van der Waals surface area contributed by atoms with Crippen LogP contribution in [0.25, 0.3) is 27.9 Å². The van der Waals surface area contributed by atoms with Crippen molar-refractivity contribution < 1.29 is 22.3 Å². The molecule has 1 atom stereocenters. The number of hydrogen-bond acceptors (Lipinski definition) is 5. The second-order valence-corrected chi connectivity index (χ2v) is 8.31. The third-order valence-electron chi connectivity index (χ3n) is 5.78. The Kier molecular flexibility index (Phi) is 5.62. The third-order valence-corrected chi connectivity index (χ3v) is 5.78. The van der Waals surface area contributed by atoms with Crippen LogP contribution in [-0.2, 0) is 0 Å². The Morgan fingerprint density at radius 1 is 1.00 bits per heavy atom. The molecule has 0 aliphatic heterocycles. The van der Waals surface area contributed by atoms with Crippen LogP contribution < -0.4 is 10.5 Å². The molecule has 7 nitrogen and oxygen atoms in total. The number of fused-ring (bicyclic) bond motifs is 1. The van der Waals surface area contributed by atoms with Gasteiger partial charge < -0.3 is 10.5 Å². The number of benzene rings is 2. The number of nitrogens with zero attached hydrogens (tertiary/aromatic N) is 5. The number of alkyl halides is 2. The van der Waals surface area contributed by atoms with Crippen molar-refractivity contribution in [3.05, 3.63) is 84.2 Å². The van der Waals surface area contributed by atoms with Gasteiger partial charge in [-0.2, -0.15) is 14.6 Å². The van der Waals surface area contributed by atoms with E-state index in [4.69, 9.17) is 10.5 Å². The van der Waals surface area contributed by atoms with Gasteiger partial charge in [0, 0.05) is 35.9 Å². The monoisotopic (exact) mass is 496 g/mol. The molecule has 184 valence electrons. The van der Waals surface area contributed by atoms with Crippen LogP contribution in [0.5, 0.6) is 5.88 Å². The fraction of sp³-hybridized carbons (Fsp3) is 0.160. The minimum atomic E-state index is -3.23. The van der Waals surface area contributed by atoms with Crippen molar-refractivity contribution >= 4 is 11.6 Å². The second-order valence-electron chi connectivity index (χ2n) is 8.31. The highest BCUT2D eigenvalue weighted by molar-refractivity contribution is 5.76. The normalized spacial score (nSPS) is 12.7. The van der Waals surface area contributed by atoms with Gasteiger partial charge in [0.15, 0.2) is 5.65 Å². The lowest BCUT2D eigenvalue weighted by atomic mass is 9.99. The van der Waals surface area contributed by atoms with Crippen LogP contribution in [0, 0.1) is 11.6 Å². The summed E-state index contributed by atoms with van der Waals surface area (Å²) in [6, 6.07) is 11.2. The number of nitrogen functional groups attached to an aromatic ring is 1. The van der Waals surface area contributed by atoms with Crippen LogP contribution in [0.15, 0.2) is 67.0 Å². The quantitative estimate of drug-likeness (QED) is 0.320. The van der Waals surface area contributed by atoms with Crippen molar-refractivity contribution in [2.75, 3.05) is 12.8 Å². The number of pyridine rings is 1. The van der Waals surface area contributed by atoms with Crippen molar-refractivity contribution in [1.82, 2.24) is 24.4 Å². The van der Waals surface area contributed by atoms with Crippen LogP contribution in [0.4, 0.5) is 23.5 Å². The van der Waals surface area contributed by atoms with E-state index < -0.39 is 23.6 Å². The van der Waals surface area contributed by atoms with Crippen molar-refractivity contribution in [2.45, 2.75) is 18.9 Å². The summed E-state index contributed by atoms with van der Waals surface area (Å²) in [6.45, 7) is 0.754. The fourth-order valence-corrected chi connectivity index (χ4v) is 4.19. The minimum absolute atomic E-state index is 0.0375. The maximum Gasteiger partial charge on any atom is 0.271 e. The largest absolute Gasteiger partial charge is 0.481 e. The number of nitrogens with two attached hydrogens (primary N) is 1. The van der Waals surface area contributed by atoms with Gasteiger partial charge in [-0.1, -0.05) is 30.3 Å². The molecule has 36 heavy (non-hydrogen) atoms. The molecule has 0 aliphatic rings. The molecule has 0 spiro atoms. The van der Waals surface area contributed by atoms with Crippen LogP contribution in [0.2, 0.25) is 0 Å². The van der Waals surface area contributed by atoms with E-state index in [-0.39, 0.29) is 22.6 Å². The molecule has 3 heterocycles. The van der Waals surface area contributed by atoms with E-state index >= 15 is 4.39 Å². The van der Waals surface area contributed by atoms with Crippen molar-refractivity contribution in [2.24, 2.45) is 0 Å². The molecule has 0 fully saturated rings. The Bertz CT molecular complexity index is 1560. The average molecular weight is 496 g/mol. The number of halogens is 4. The summed E-state index contributed by atoms with van der Waals surface area (Å²) in [6.07, 6.45) is 2.66. The molecule has 5 aromatic rings. The highest BCUT2D eigenvalue weighted by Crippen LogP contribution is 2.37. The van der Waals surface area contributed by atoms with Crippen LogP contribution in [0.3, 0.4) is 0 Å². The van der Waals surface area contributed by atoms with E-state index in [0.717, 1.165) is 23.7 Å². The zero-order valence-corrected chi connectivity index (χ0v) is 19.2. The smallest absolute Gasteiger partial charge is 0.271 e. The predicted octanol–water partition coefficient (Wildman–Crippen LogP) is 5.37. The van der Waals surface area contributed by atoms with E-state index in [9.17, 15) is 13.2 Å². The molecule has 0 bridgehead atoms. The van der Waals surface area contributed by atoms with Crippen molar-refractivity contribution in [3.8, 4) is 28.1 Å². The lowest BCUT2D eigenvalue weighted by molar-refractivity contribution is -0.0217. The summed E-state index contributed by atoms with van der Waals surface area (Å²) in [5, 5.41) is 8.14. The maximum absolute atomic E-state index is 15.8. The van der Waals surface area contributed by atoms with E-state index in [2.05, 4.69) is 15.2 Å². The van der Waals surface area contributed by atoms with Gasteiger partial charge >= 0.3 is 0 Å². The van der Waals surface area contributed by atoms with E-state index in [1.165, 1.54) is 42.2 Å². The van der Waals surface area contributed by atoms with E-state index in [0.29, 0.717) is 22.7 Å². The van der Waals surface area contributed by atoms with Gasteiger partial charge in [0.2, 0.25) is 11.8 Å². The van der Waals surface area contributed by atoms with Gasteiger partial charge in [0.25, 0.3) is 5.92 Å². The number of rotatable bonds is 6. The maximum atomic E-state index is 15.8. The van der Waals surface area contributed by atoms with E-state index in [1.54, 1.807) is 24.3 Å². The van der Waals surface area contributed by atoms with Gasteiger partial charge in [-0.3, -0.25) is 4.68 Å². The number of methoxy groups -OCH3 is 1. The minimum Gasteiger partial charge on any atom is -0.481 e. The fourth-order valence-electron chi connectivity index (χ4n) is 4.19. The first kappa shape index (κ1) is 23.3. The Morgan fingerprint density at radius 2 is 1.69 bits per heavy atom. The molecule has 0 saturated heterocycles. The topological polar surface area (TPSA) is 83.3 Å². The first-order chi connectivity index (χ1) is 17.2. The Morgan fingerprint density at radius 3 is 2.36 bits per heavy atom. The Balaban J connectivity index is 1.57.